The van der Waals surface area contributed by atoms with Gasteiger partial charge >= 0.3 is 0 Å². The third-order valence-electron chi connectivity index (χ3n) is 11.9. The number of rotatable bonds is 8. The molecule has 9 aromatic carbocycles. The molecule has 0 bridgehead atoms. The van der Waals surface area contributed by atoms with E-state index in [2.05, 4.69) is 231 Å². The van der Waals surface area contributed by atoms with E-state index in [1.54, 1.807) is 0 Å². The Morgan fingerprint density at radius 1 is 0.177 bits per heavy atom. The Morgan fingerprint density at radius 2 is 0.419 bits per heavy atom. The van der Waals surface area contributed by atoms with Gasteiger partial charge in [0.25, 0.3) is 0 Å². The van der Waals surface area contributed by atoms with E-state index >= 15 is 0 Å². The zero-order chi connectivity index (χ0) is 41.2. The van der Waals surface area contributed by atoms with Gasteiger partial charge in [-0.1, -0.05) is 218 Å². The summed E-state index contributed by atoms with van der Waals surface area (Å²) in [5.74, 6) is 0. The van der Waals surface area contributed by atoms with Crippen LogP contribution in [0.1, 0.15) is 0 Å². The summed E-state index contributed by atoms with van der Waals surface area (Å²) in [5.41, 5.74) is 17.5. The van der Waals surface area contributed by atoms with Gasteiger partial charge in [-0.15, -0.1) is 0 Å². The molecule has 2 heterocycles. The van der Waals surface area contributed by atoms with Crippen molar-refractivity contribution in [3.63, 3.8) is 0 Å². The molecular formula is C60H40N2. The van der Waals surface area contributed by atoms with Gasteiger partial charge in [-0.25, -0.2) is 9.97 Å². The molecule has 0 unspecified atom stereocenters. The van der Waals surface area contributed by atoms with Crippen LogP contribution in [0.25, 0.3) is 111 Å². The molecule has 2 heteroatoms. The monoisotopic (exact) mass is 788 g/mol. The van der Waals surface area contributed by atoms with E-state index in [4.69, 9.17) is 9.97 Å². The molecular weight excluding hydrogens is 749 g/mol. The highest BCUT2D eigenvalue weighted by atomic mass is 14.7. The molecule has 290 valence electrons. The Kier molecular flexibility index (Phi) is 9.57. The first kappa shape index (κ1) is 36.8. The average Bonchev–Trinajstić information content (AvgIpc) is 3.37. The van der Waals surface area contributed by atoms with Crippen molar-refractivity contribution in [1.29, 1.82) is 0 Å². The van der Waals surface area contributed by atoms with E-state index < -0.39 is 0 Å². The Bertz CT molecular complexity index is 3000. The summed E-state index contributed by atoms with van der Waals surface area (Å²) in [7, 11) is 0. The number of aromatic nitrogens is 2. The summed E-state index contributed by atoms with van der Waals surface area (Å²) in [6.45, 7) is 0. The number of nitrogens with zero attached hydrogens (tertiary/aromatic N) is 2. The molecule has 0 radical (unpaired) electrons. The lowest BCUT2D eigenvalue weighted by Crippen LogP contribution is -1.94. The second kappa shape index (κ2) is 16.1. The van der Waals surface area contributed by atoms with Crippen molar-refractivity contribution in [2.24, 2.45) is 0 Å². The molecule has 11 rings (SSSR count). The van der Waals surface area contributed by atoms with Gasteiger partial charge in [0.05, 0.1) is 22.8 Å². The molecule has 0 atom stereocenters. The van der Waals surface area contributed by atoms with Crippen LogP contribution in [0.5, 0.6) is 0 Å². The quantitative estimate of drug-likeness (QED) is 0.143. The van der Waals surface area contributed by atoms with Crippen molar-refractivity contribution in [2.75, 3.05) is 0 Å². The van der Waals surface area contributed by atoms with E-state index in [0.29, 0.717) is 0 Å². The molecule has 0 N–H and O–H groups in total. The number of fused-ring (bicyclic) bond motifs is 3. The zero-order valence-electron chi connectivity index (χ0n) is 34.0. The van der Waals surface area contributed by atoms with Crippen LogP contribution in [0.15, 0.2) is 243 Å². The fourth-order valence-corrected chi connectivity index (χ4v) is 8.82. The normalized spacial score (nSPS) is 11.2. The summed E-state index contributed by atoms with van der Waals surface area (Å²) in [6, 6.07) is 86.5. The van der Waals surface area contributed by atoms with Crippen LogP contribution < -0.4 is 0 Å². The topological polar surface area (TPSA) is 25.8 Å². The summed E-state index contributed by atoms with van der Waals surface area (Å²) in [6.07, 6.45) is 0. The second-order valence-corrected chi connectivity index (χ2v) is 15.7. The minimum atomic E-state index is 0.941. The van der Waals surface area contributed by atoms with Crippen LogP contribution in [-0.2, 0) is 0 Å². The van der Waals surface area contributed by atoms with Crippen molar-refractivity contribution < 1.29 is 0 Å². The predicted octanol–water partition coefficient (Wildman–Crippen LogP) is 16.1. The van der Waals surface area contributed by atoms with Crippen molar-refractivity contribution in [3.8, 4) is 89.5 Å². The SMILES string of the molecule is c1ccc(-c2cc(-c3ccccc3)nc(-c3ccc(-c4c(-c5ccc(-c6cc(-c7ccccc7)cc(-c7ccccc7)n6)cc5)c5ccccc5c5ccccc45)cc3)c2)cc1. The fraction of sp³-hybridized carbons (Fsp3) is 0. The second-order valence-electron chi connectivity index (χ2n) is 15.7. The molecule has 0 aliphatic carbocycles. The van der Waals surface area contributed by atoms with Crippen LogP contribution in [0.4, 0.5) is 0 Å². The first-order valence-electron chi connectivity index (χ1n) is 21.1. The van der Waals surface area contributed by atoms with E-state index in [1.165, 1.54) is 43.8 Å². The largest absolute Gasteiger partial charge is 0.248 e. The molecule has 0 saturated heterocycles. The van der Waals surface area contributed by atoms with Crippen molar-refractivity contribution >= 4 is 21.5 Å². The molecule has 2 aromatic heterocycles. The van der Waals surface area contributed by atoms with Gasteiger partial charge in [0.15, 0.2) is 0 Å². The molecule has 0 saturated carbocycles. The molecule has 11 aromatic rings. The minimum absolute atomic E-state index is 0.941. The first-order valence-corrected chi connectivity index (χ1v) is 21.1. The highest BCUT2D eigenvalue weighted by Gasteiger charge is 2.19. The Labute approximate surface area is 362 Å². The lowest BCUT2D eigenvalue weighted by atomic mass is 9.84. The number of benzene rings is 9. The molecule has 0 fully saturated rings. The predicted molar refractivity (Wildman–Crippen MR) is 261 cm³/mol. The van der Waals surface area contributed by atoms with Gasteiger partial charge in [0.2, 0.25) is 0 Å². The number of hydrogen-bond acceptors (Lipinski definition) is 2. The molecule has 62 heavy (non-hydrogen) atoms. The highest BCUT2D eigenvalue weighted by molar-refractivity contribution is 6.21. The lowest BCUT2D eigenvalue weighted by molar-refractivity contribution is 1.32. The Morgan fingerprint density at radius 3 is 0.742 bits per heavy atom. The zero-order valence-corrected chi connectivity index (χ0v) is 34.0. The third kappa shape index (κ3) is 7.04. The van der Waals surface area contributed by atoms with E-state index in [9.17, 15) is 0 Å². The molecule has 0 aliphatic rings. The molecule has 0 spiro atoms. The van der Waals surface area contributed by atoms with Crippen LogP contribution in [0.2, 0.25) is 0 Å². The van der Waals surface area contributed by atoms with Gasteiger partial charge in [-0.3, -0.25) is 0 Å². The summed E-state index contributed by atoms with van der Waals surface area (Å²) in [5, 5.41) is 4.92. The van der Waals surface area contributed by atoms with Crippen molar-refractivity contribution in [1.82, 2.24) is 9.97 Å². The van der Waals surface area contributed by atoms with Crippen molar-refractivity contribution in [3.05, 3.63) is 243 Å². The van der Waals surface area contributed by atoms with Crippen molar-refractivity contribution in [2.45, 2.75) is 0 Å². The van der Waals surface area contributed by atoms with Crippen LogP contribution >= 0.6 is 0 Å². The maximum Gasteiger partial charge on any atom is 0.0715 e. The van der Waals surface area contributed by atoms with Gasteiger partial charge in [0.1, 0.15) is 0 Å². The van der Waals surface area contributed by atoms with Crippen LogP contribution in [-0.4, -0.2) is 9.97 Å². The molecule has 0 amide bonds. The van der Waals surface area contributed by atoms with Gasteiger partial charge in [-0.05, 0) is 90.3 Å². The van der Waals surface area contributed by atoms with Crippen LogP contribution in [0.3, 0.4) is 0 Å². The maximum absolute atomic E-state index is 5.23. The smallest absolute Gasteiger partial charge is 0.0715 e. The Balaban J connectivity index is 1.04. The standard InChI is InChI=1S/C60H40N2/c1-5-17-41(18-6-1)49-37-55(43-21-9-3-10-22-43)61-57(39-49)45-29-33-47(34-30-45)59-53-27-15-13-25-51(53)52-26-14-16-28-54(52)60(59)48-35-31-46(32-36-48)58-40-50(42-19-7-2-8-20-42)38-56(62-58)44-23-11-4-12-24-44/h1-40H. The number of pyridine rings is 2. The fourth-order valence-electron chi connectivity index (χ4n) is 8.82. The molecule has 0 aliphatic heterocycles. The van der Waals surface area contributed by atoms with Gasteiger partial charge in [0, 0.05) is 22.3 Å². The van der Waals surface area contributed by atoms with Gasteiger partial charge < -0.3 is 0 Å². The summed E-state index contributed by atoms with van der Waals surface area (Å²) >= 11 is 0. The lowest BCUT2D eigenvalue weighted by Gasteiger charge is -2.19. The van der Waals surface area contributed by atoms with E-state index in [1.807, 2.05) is 12.1 Å². The van der Waals surface area contributed by atoms with Gasteiger partial charge in [-0.2, -0.15) is 0 Å². The Hall–Kier alpha value is -8.20. The maximum atomic E-state index is 5.23. The minimum Gasteiger partial charge on any atom is -0.248 e. The number of hydrogen-bond donors (Lipinski definition) is 0. The third-order valence-corrected chi connectivity index (χ3v) is 11.9. The highest BCUT2D eigenvalue weighted by Crippen LogP contribution is 2.45. The molecule has 2 nitrogen and oxygen atoms in total. The average molecular weight is 789 g/mol. The first-order chi connectivity index (χ1) is 30.7. The summed E-state index contributed by atoms with van der Waals surface area (Å²) < 4.78 is 0. The summed E-state index contributed by atoms with van der Waals surface area (Å²) in [4.78, 5) is 10.5. The van der Waals surface area contributed by atoms with E-state index in [-0.39, 0.29) is 0 Å². The van der Waals surface area contributed by atoms with E-state index in [0.717, 1.165) is 67.3 Å². The van der Waals surface area contributed by atoms with Crippen LogP contribution in [0, 0.1) is 0 Å².